The highest BCUT2D eigenvalue weighted by Gasteiger charge is 2.36. The van der Waals surface area contributed by atoms with Crippen LogP contribution in [0.15, 0.2) is 24.5 Å². The Hall–Kier alpha value is -2.83. The average molecular weight is 339 g/mol. The smallest absolute Gasteiger partial charge is 0.256 e. The first kappa shape index (κ1) is 15.7. The molecule has 1 amide bonds. The van der Waals surface area contributed by atoms with Crippen LogP contribution in [0.5, 0.6) is 5.88 Å². The number of H-pyrrole nitrogens is 1. The zero-order valence-corrected chi connectivity index (χ0v) is 14.6. The molecule has 1 aliphatic heterocycles. The van der Waals surface area contributed by atoms with Crippen LogP contribution < -0.4 is 4.74 Å². The van der Waals surface area contributed by atoms with E-state index in [1.165, 1.54) is 0 Å². The standard InChI is InChI=1S/C18H21N5O2/c1-11-15(18(25-3)22(2)21-11)14-7-5-9-23(14)17(24)13-10-20-16-12(13)6-4-8-19-16/h4,6,8,10,14H,5,7,9H2,1-3H3,(H,19,20)/t14-/m1/s1. The Bertz CT molecular complexity index is 942. The lowest BCUT2D eigenvalue weighted by Gasteiger charge is -2.25. The summed E-state index contributed by atoms with van der Waals surface area (Å²) in [5, 5.41) is 5.33. The van der Waals surface area contributed by atoms with E-state index in [0.717, 1.165) is 47.6 Å². The fourth-order valence-electron chi connectivity index (χ4n) is 3.88. The van der Waals surface area contributed by atoms with Crippen molar-refractivity contribution in [3.63, 3.8) is 0 Å². The average Bonchev–Trinajstić information content (AvgIpc) is 3.30. The molecule has 0 spiro atoms. The van der Waals surface area contributed by atoms with Crippen molar-refractivity contribution in [1.82, 2.24) is 24.6 Å². The molecule has 7 nitrogen and oxygen atoms in total. The lowest BCUT2D eigenvalue weighted by atomic mass is 10.0. The zero-order valence-electron chi connectivity index (χ0n) is 14.6. The van der Waals surface area contributed by atoms with Crippen molar-refractivity contribution in [2.45, 2.75) is 25.8 Å². The van der Waals surface area contributed by atoms with E-state index < -0.39 is 0 Å². The molecular formula is C18H21N5O2. The number of hydrogen-bond acceptors (Lipinski definition) is 4. The molecule has 4 rings (SSSR count). The first-order valence-corrected chi connectivity index (χ1v) is 8.42. The number of likely N-dealkylation sites (tertiary alicyclic amines) is 1. The van der Waals surface area contributed by atoms with Gasteiger partial charge in [0.1, 0.15) is 5.65 Å². The molecule has 1 saturated heterocycles. The monoisotopic (exact) mass is 339 g/mol. The normalized spacial score (nSPS) is 17.4. The van der Waals surface area contributed by atoms with Gasteiger partial charge < -0.3 is 14.6 Å². The van der Waals surface area contributed by atoms with Crippen LogP contribution in [-0.2, 0) is 7.05 Å². The summed E-state index contributed by atoms with van der Waals surface area (Å²) in [7, 11) is 3.51. The molecule has 4 heterocycles. The molecule has 3 aromatic rings. The van der Waals surface area contributed by atoms with Crippen LogP contribution in [0.2, 0.25) is 0 Å². The lowest BCUT2D eigenvalue weighted by Crippen LogP contribution is -2.30. The number of ether oxygens (including phenoxy) is 1. The van der Waals surface area contributed by atoms with E-state index in [-0.39, 0.29) is 11.9 Å². The molecule has 1 N–H and O–H groups in total. The molecule has 25 heavy (non-hydrogen) atoms. The Labute approximate surface area is 145 Å². The molecule has 130 valence electrons. The molecule has 0 radical (unpaired) electrons. The number of aryl methyl sites for hydroxylation is 2. The van der Waals surface area contributed by atoms with E-state index in [9.17, 15) is 4.79 Å². The number of pyridine rings is 1. The maximum atomic E-state index is 13.2. The number of aromatic nitrogens is 4. The second-order valence-electron chi connectivity index (χ2n) is 6.39. The number of amides is 1. The van der Waals surface area contributed by atoms with E-state index in [2.05, 4.69) is 15.1 Å². The highest BCUT2D eigenvalue weighted by atomic mass is 16.5. The van der Waals surface area contributed by atoms with E-state index >= 15 is 0 Å². The van der Waals surface area contributed by atoms with Gasteiger partial charge in [0, 0.05) is 31.4 Å². The third-order valence-electron chi connectivity index (χ3n) is 4.94. The lowest BCUT2D eigenvalue weighted by molar-refractivity contribution is 0.0735. The Morgan fingerprint density at radius 3 is 3.08 bits per heavy atom. The van der Waals surface area contributed by atoms with Gasteiger partial charge in [0.05, 0.1) is 30.0 Å². The minimum atomic E-state index is -0.0160. The van der Waals surface area contributed by atoms with Gasteiger partial charge in [0.15, 0.2) is 0 Å². The molecule has 0 unspecified atom stereocenters. The van der Waals surface area contributed by atoms with Crippen molar-refractivity contribution in [1.29, 1.82) is 0 Å². The van der Waals surface area contributed by atoms with Gasteiger partial charge in [-0.1, -0.05) is 0 Å². The van der Waals surface area contributed by atoms with Crippen molar-refractivity contribution in [2.75, 3.05) is 13.7 Å². The van der Waals surface area contributed by atoms with Gasteiger partial charge >= 0.3 is 0 Å². The minimum absolute atomic E-state index is 0.0160. The van der Waals surface area contributed by atoms with Gasteiger partial charge in [0.2, 0.25) is 5.88 Å². The van der Waals surface area contributed by atoms with E-state index in [4.69, 9.17) is 4.74 Å². The molecular weight excluding hydrogens is 318 g/mol. The van der Waals surface area contributed by atoms with Crippen molar-refractivity contribution in [2.24, 2.45) is 7.05 Å². The number of rotatable bonds is 3. The number of carbonyl (C=O) groups excluding carboxylic acids is 1. The van der Waals surface area contributed by atoms with Crippen LogP contribution in [0.25, 0.3) is 11.0 Å². The molecule has 0 bridgehead atoms. The Morgan fingerprint density at radius 1 is 1.44 bits per heavy atom. The minimum Gasteiger partial charge on any atom is -0.481 e. The highest BCUT2D eigenvalue weighted by Crippen LogP contribution is 2.39. The molecule has 1 fully saturated rings. The molecule has 1 atom stereocenters. The predicted octanol–water partition coefficient (Wildman–Crippen LogP) is 2.59. The summed E-state index contributed by atoms with van der Waals surface area (Å²) in [5.74, 6) is 0.745. The van der Waals surface area contributed by atoms with Gasteiger partial charge in [-0.15, -0.1) is 0 Å². The summed E-state index contributed by atoms with van der Waals surface area (Å²) in [4.78, 5) is 22.5. The number of nitrogens with one attached hydrogen (secondary N) is 1. The molecule has 0 aromatic carbocycles. The van der Waals surface area contributed by atoms with Gasteiger partial charge in [0.25, 0.3) is 5.91 Å². The van der Waals surface area contributed by atoms with Crippen molar-refractivity contribution >= 4 is 16.9 Å². The molecule has 0 aliphatic carbocycles. The third kappa shape index (κ3) is 2.38. The number of methoxy groups -OCH3 is 1. The summed E-state index contributed by atoms with van der Waals surface area (Å²) < 4.78 is 7.28. The summed E-state index contributed by atoms with van der Waals surface area (Å²) in [5.41, 5.74) is 3.31. The number of aromatic amines is 1. The SMILES string of the molecule is COc1c([C@H]2CCCN2C(=O)c2c[nH]c3ncccc23)c(C)nn1C. The highest BCUT2D eigenvalue weighted by molar-refractivity contribution is 6.06. The van der Waals surface area contributed by atoms with Crippen molar-refractivity contribution in [3.05, 3.63) is 41.3 Å². The van der Waals surface area contributed by atoms with Crippen molar-refractivity contribution in [3.8, 4) is 5.88 Å². The predicted molar refractivity (Wildman–Crippen MR) is 93.6 cm³/mol. The first-order chi connectivity index (χ1) is 12.1. The van der Waals surface area contributed by atoms with Crippen molar-refractivity contribution < 1.29 is 9.53 Å². The van der Waals surface area contributed by atoms with E-state index in [1.807, 2.05) is 31.0 Å². The maximum Gasteiger partial charge on any atom is 0.256 e. The van der Waals surface area contributed by atoms with E-state index in [1.54, 1.807) is 24.2 Å². The second kappa shape index (κ2) is 5.91. The van der Waals surface area contributed by atoms with Gasteiger partial charge in [-0.25, -0.2) is 9.67 Å². The molecule has 1 aliphatic rings. The fraction of sp³-hybridized carbons (Fsp3) is 0.389. The van der Waals surface area contributed by atoms with E-state index in [0.29, 0.717) is 5.56 Å². The third-order valence-corrected chi connectivity index (χ3v) is 4.94. The second-order valence-corrected chi connectivity index (χ2v) is 6.39. The van der Waals surface area contributed by atoms with Gasteiger partial charge in [-0.2, -0.15) is 5.10 Å². The Balaban J connectivity index is 1.74. The van der Waals surface area contributed by atoms with Crippen LogP contribution in [0.4, 0.5) is 0 Å². The summed E-state index contributed by atoms with van der Waals surface area (Å²) >= 11 is 0. The Kier molecular flexibility index (Phi) is 3.71. The largest absolute Gasteiger partial charge is 0.481 e. The maximum absolute atomic E-state index is 13.2. The fourth-order valence-corrected chi connectivity index (χ4v) is 3.88. The number of carbonyl (C=O) groups is 1. The quantitative estimate of drug-likeness (QED) is 0.796. The number of nitrogens with zero attached hydrogens (tertiary/aromatic N) is 4. The van der Waals surface area contributed by atoms with Crippen LogP contribution in [0.3, 0.4) is 0 Å². The molecule has 7 heteroatoms. The van der Waals surface area contributed by atoms with Crippen LogP contribution in [-0.4, -0.2) is 44.2 Å². The number of hydrogen-bond donors (Lipinski definition) is 1. The van der Waals surface area contributed by atoms with Crippen LogP contribution in [0, 0.1) is 6.92 Å². The topological polar surface area (TPSA) is 76.0 Å². The van der Waals surface area contributed by atoms with Crippen LogP contribution >= 0.6 is 0 Å². The zero-order chi connectivity index (χ0) is 17.6. The first-order valence-electron chi connectivity index (χ1n) is 8.42. The molecule has 0 saturated carbocycles. The Morgan fingerprint density at radius 2 is 2.28 bits per heavy atom. The summed E-state index contributed by atoms with van der Waals surface area (Å²) in [6.07, 6.45) is 5.35. The summed E-state index contributed by atoms with van der Waals surface area (Å²) in [6, 6.07) is 3.76. The van der Waals surface area contributed by atoms with Gasteiger partial charge in [-0.3, -0.25) is 4.79 Å². The van der Waals surface area contributed by atoms with Crippen LogP contribution in [0.1, 0.15) is 40.5 Å². The van der Waals surface area contributed by atoms with Gasteiger partial charge in [-0.05, 0) is 31.9 Å². The molecule has 3 aromatic heterocycles. The summed E-state index contributed by atoms with van der Waals surface area (Å²) in [6.45, 7) is 2.70. The number of fused-ring (bicyclic) bond motifs is 1.